The SMILES string of the molecule is [C-]#N.[C-]#N.[C-]#N.[C-]#N.[C-]#N.[C-]#N.[Fe+2].[N-]=O.[N-]=O.[N-]=O.[N-]=O.[Zn+2].[Zn+2].[Zn+2].[Zn+2]. The van der Waals surface area contributed by atoms with E-state index in [1.165, 1.54) is 0 Å². The van der Waals surface area contributed by atoms with E-state index in [-0.39, 0.29) is 95.0 Å². The van der Waals surface area contributed by atoms with Crippen LogP contribution in [0.5, 0.6) is 0 Å². The van der Waals surface area contributed by atoms with Gasteiger partial charge in [-0.25, -0.2) is 0 Å². The molecule has 0 aromatic carbocycles. The Bertz CT molecular complexity index is 165. The smallest absolute Gasteiger partial charge is 0.577 e. The van der Waals surface area contributed by atoms with Crippen molar-refractivity contribution in [2.45, 2.75) is 0 Å². The number of rotatable bonds is 0. The van der Waals surface area contributed by atoms with Crippen molar-refractivity contribution in [3.05, 3.63) is 81.4 Å². The van der Waals surface area contributed by atoms with E-state index in [4.69, 9.17) is 113 Å². The van der Waals surface area contributed by atoms with Gasteiger partial charge in [0.1, 0.15) is 0 Å². The first kappa shape index (κ1) is 167. The summed E-state index contributed by atoms with van der Waals surface area (Å²) in [5.41, 5.74) is 23.0. The molecule has 0 amide bonds. The molecule has 0 spiro atoms. The number of hydrogen-bond donors (Lipinski definition) is 0. The van der Waals surface area contributed by atoms with Crippen LogP contribution in [0.1, 0.15) is 0 Å². The minimum absolute atomic E-state index is 0. The quantitative estimate of drug-likeness (QED) is 0.290. The molecular formula is C6FeN10O4Zn4. The van der Waals surface area contributed by atoms with E-state index in [1.54, 1.807) is 0 Å². The first-order valence-electron chi connectivity index (χ1n) is 2.07. The van der Waals surface area contributed by atoms with Crippen molar-refractivity contribution in [1.29, 1.82) is 31.6 Å². The van der Waals surface area contributed by atoms with Gasteiger partial charge >= 0.3 is 95.0 Å². The van der Waals surface area contributed by atoms with Gasteiger partial charge in [0, 0.05) is 0 Å². The molecule has 0 saturated carbocycles. The summed E-state index contributed by atoms with van der Waals surface area (Å²) in [6.07, 6.45) is 0. The van der Waals surface area contributed by atoms with Crippen molar-refractivity contribution >= 4 is 0 Å². The third-order valence-electron chi connectivity index (χ3n) is 0. The molecule has 0 unspecified atom stereocenters. The van der Waals surface area contributed by atoms with Crippen molar-refractivity contribution in [3.63, 3.8) is 0 Å². The largest absolute Gasteiger partial charge is 2.00 e. The van der Waals surface area contributed by atoms with Crippen molar-refractivity contribution in [3.8, 4) is 0 Å². The summed E-state index contributed by atoms with van der Waals surface area (Å²) in [6, 6.07) is 0. The van der Waals surface area contributed by atoms with Crippen molar-refractivity contribution in [2.75, 3.05) is 0 Å². The van der Waals surface area contributed by atoms with Gasteiger partial charge in [0.2, 0.25) is 0 Å². The van der Waals surface area contributed by atoms with E-state index in [0.29, 0.717) is 0 Å². The summed E-state index contributed by atoms with van der Waals surface area (Å²) in [5.74, 6) is 0. The van der Waals surface area contributed by atoms with Gasteiger partial charge < -0.3 is 113 Å². The van der Waals surface area contributed by atoms with Crippen LogP contribution >= 0.6 is 0 Å². The Morgan fingerprint density at radius 3 is 0.320 bits per heavy atom. The Balaban J connectivity index is -0.00000000334. The first-order valence-corrected chi connectivity index (χ1v) is 2.07. The van der Waals surface area contributed by atoms with Crippen LogP contribution in [0.2, 0.25) is 0 Å². The zero-order valence-electron chi connectivity index (χ0n) is 12.3. The topological polar surface area (TPSA) is 300 Å². The normalized spacial score (nSPS) is 1.12. The molecule has 0 aromatic heterocycles. The van der Waals surface area contributed by atoms with E-state index in [2.05, 4.69) is 0 Å². The summed E-state index contributed by atoms with van der Waals surface area (Å²) in [7, 11) is 0. The molecule has 25 heavy (non-hydrogen) atoms. The van der Waals surface area contributed by atoms with Crippen LogP contribution < -0.4 is 0 Å². The molecule has 0 fully saturated rings. The van der Waals surface area contributed by atoms with E-state index in [1.807, 2.05) is 0 Å². The zero-order valence-corrected chi connectivity index (χ0v) is 25.3. The van der Waals surface area contributed by atoms with Gasteiger partial charge in [-0.1, -0.05) is 0 Å². The third kappa shape index (κ3) is 3410. The van der Waals surface area contributed by atoms with Crippen molar-refractivity contribution < 1.29 is 95.0 Å². The van der Waals surface area contributed by atoms with Crippen LogP contribution in [0.25, 0.3) is 22.4 Å². The molecule has 0 aromatic rings. The fourth-order valence-corrected chi connectivity index (χ4v) is 0. The zero-order chi connectivity index (χ0) is 20.0. The fourth-order valence-electron chi connectivity index (χ4n) is 0. The summed E-state index contributed by atoms with van der Waals surface area (Å²) in [4.78, 5) is 29.0. The van der Waals surface area contributed by atoms with Gasteiger partial charge in [0.05, 0.1) is 0 Å². The molecule has 0 aliphatic carbocycles. The van der Waals surface area contributed by atoms with E-state index >= 15 is 0 Å². The second-order valence-electron chi connectivity index (χ2n) is 0. The molecule has 0 bridgehead atoms. The maximum absolute atomic E-state index is 7.25. The van der Waals surface area contributed by atoms with Crippen LogP contribution in [-0.2, 0) is 95.0 Å². The van der Waals surface area contributed by atoms with Crippen LogP contribution in [0.3, 0.4) is 0 Å². The minimum atomic E-state index is 0. The number of nitrogens with zero attached hydrogens (tertiary/aromatic N) is 10. The van der Waals surface area contributed by atoms with Gasteiger partial charge in [0.25, 0.3) is 0 Å². The van der Waals surface area contributed by atoms with Gasteiger partial charge in [-0.3, -0.25) is 0 Å². The standard InChI is InChI=1S/6CN.Fe.4NO.4Zn/c6*1-2;;4*1-2;;;;/q6*-1;+2;4*-1;4*+2. The Labute approximate surface area is 206 Å². The molecule has 14 nitrogen and oxygen atoms in total. The summed E-state index contributed by atoms with van der Waals surface area (Å²) in [6.45, 7) is 28.5. The Hall–Kier alpha value is -1.65. The van der Waals surface area contributed by atoms with Gasteiger partial charge in [0.15, 0.2) is 0 Å². The molecule has 114 valence electrons. The van der Waals surface area contributed by atoms with Crippen LogP contribution in [0, 0.1) is 90.6 Å². The van der Waals surface area contributed by atoms with Gasteiger partial charge in [-0.15, -0.1) is 0 Å². The Morgan fingerprint density at radius 2 is 0.320 bits per heavy atom. The molecule has 0 heterocycles. The van der Waals surface area contributed by atoms with Crippen molar-refractivity contribution in [1.82, 2.24) is 0 Å². The molecule has 19 heteroatoms. The minimum Gasteiger partial charge on any atom is -0.577 e. The predicted molar refractivity (Wildman–Crippen MR) is 56.7 cm³/mol. The maximum atomic E-state index is 7.25. The Morgan fingerprint density at radius 1 is 0.320 bits per heavy atom. The second-order valence-corrected chi connectivity index (χ2v) is 0. The van der Waals surface area contributed by atoms with Crippen LogP contribution in [0.15, 0.2) is 0 Å². The van der Waals surface area contributed by atoms with E-state index in [0.717, 1.165) is 0 Å². The third-order valence-corrected chi connectivity index (χ3v) is 0. The molecule has 0 atom stereocenters. The van der Waals surface area contributed by atoms with Gasteiger partial charge in [-0.05, 0) is 0 Å². The van der Waals surface area contributed by atoms with Gasteiger partial charge in [-0.2, -0.15) is 0 Å². The summed E-state index contributed by atoms with van der Waals surface area (Å²) >= 11 is 0. The molecule has 0 aliphatic heterocycles. The Kier molecular flexibility index (Phi) is 25100. The molecule has 0 N–H and O–H groups in total. The average Bonchev–Trinajstić information content (AvgIpc) is 2.71. The van der Waals surface area contributed by atoms with E-state index in [9.17, 15) is 0 Å². The average molecular weight is 594 g/mol. The second kappa shape index (κ2) is 3760. The predicted octanol–water partition coefficient (Wildman–Crippen LogP) is 1.85. The molecule has 0 saturated heterocycles. The maximum Gasteiger partial charge on any atom is 2.00 e. The van der Waals surface area contributed by atoms with E-state index < -0.39 is 0 Å². The molecule has 0 aliphatic rings. The van der Waals surface area contributed by atoms with Crippen LogP contribution in [0.4, 0.5) is 0 Å². The number of nitroso groups, excluding NO2 is 4. The number of hydrogen-bond acceptors (Lipinski definition) is 10. The summed E-state index contributed by atoms with van der Waals surface area (Å²) < 4.78 is 0. The first-order chi connectivity index (χ1) is 10.0. The molecular weight excluding hydrogens is 594 g/mol. The summed E-state index contributed by atoms with van der Waals surface area (Å²) in [5, 5.41) is 37.5. The van der Waals surface area contributed by atoms with Crippen molar-refractivity contribution in [2.24, 2.45) is 0 Å². The molecule has 0 rings (SSSR count). The van der Waals surface area contributed by atoms with Crippen LogP contribution in [-0.4, -0.2) is 0 Å². The molecule has 0 radical (unpaired) electrons. The fraction of sp³-hybridized carbons (Fsp3) is 0. The monoisotopic (exact) mass is 588 g/mol.